The normalized spacial score (nSPS) is 22.1. The average molecular weight is 300 g/mol. The maximum absolute atomic E-state index is 5.77. The van der Waals surface area contributed by atoms with Gasteiger partial charge in [0.2, 0.25) is 0 Å². The van der Waals surface area contributed by atoms with Crippen molar-refractivity contribution in [3.8, 4) is 0 Å². The van der Waals surface area contributed by atoms with Crippen LogP contribution in [-0.4, -0.2) is 58.9 Å². The Kier molecular flexibility index (Phi) is 7.96. The minimum absolute atomic E-state index is 0.197. The van der Waals surface area contributed by atoms with Gasteiger partial charge in [0, 0.05) is 26.5 Å². The van der Waals surface area contributed by atoms with Crippen molar-refractivity contribution in [2.75, 3.05) is 53.1 Å². The first-order valence-electron chi connectivity index (χ1n) is 8.53. The minimum Gasteiger partial charge on any atom is -0.383 e. The topological polar surface area (TPSA) is 51.8 Å². The average Bonchev–Trinajstić information content (AvgIpc) is 2.96. The predicted octanol–water partition coefficient (Wildman–Crippen LogP) is 1.53. The smallest absolute Gasteiger partial charge is 0.168 e. The molecule has 0 amide bonds. The molecule has 0 unspecified atom stereocenters. The molecule has 0 atom stereocenters. The predicted molar refractivity (Wildman–Crippen MR) is 83.4 cm³/mol. The van der Waals surface area contributed by atoms with E-state index in [-0.39, 0.29) is 5.79 Å². The van der Waals surface area contributed by atoms with Gasteiger partial charge in [-0.1, -0.05) is 0 Å². The van der Waals surface area contributed by atoms with Crippen LogP contribution in [0.3, 0.4) is 0 Å². The van der Waals surface area contributed by atoms with Crippen LogP contribution >= 0.6 is 0 Å². The first-order chi connectivity index (χ1) is 10.3. The molecule has 5 heteroatoms. The van der Waals surface area contributed by atoms with Crippen LogP contribution < -0.4 is 10.6 Å². The first-order valence-corrected chi connectivity index (χ1v) is 8.53. The van der Waals surface area contributed by atoms with E-state index < -0.39 is 0 Å². The zero-order chi connectivity index (χ0) is 14.8. The van der Waals surface area contributed by atoms with Gasteiger partial charge < -0.3 is 24.8 Å². The van der Waals surface area contributed by atoms with Crippen LogP contribution in [0, 0.1) is 5.92 Å². The number of hydrogen-bond acceptors (Lipinski definition) is 5. The van der Waals surface area contributed by atoms with E-state index in [0.29, 0.717) is 0 Å². The van der Waals surface area contributed by atoms with E-state index in [4.69, 9.17) is 14.2 Å². The summed E-state index contributed by atoms with van der Waals surface area (Å²) >= 11 is 0. The van der Waals surface area contributed by atoms with E-state index in [9.17, 15) is 0 Å². The minimum atomic E-state index is -0.197. The molecule has 2 fully saturated rings. The lowest BCUT2D eigenvalue weighted by molar-refractivity contribution is -0.182. The van der Waals surface area contributed by atoms with Crippen molar-refractivity contribution >= 4 is 0 Å². The Morgan fingerprint density at radius 3 is 2.33 bits per heavy atom. The third-order valence-electron chi connectivity index (χ3n) is 4.60. The van der Waals surface area contributed by atoms with E-state index in [2.05, 4.69) is 10.6 Å². The molecule has 2 N–H and O–H groups in total. The Morgan fingerprint density at radius 2 is 1.67 bits per heavy atom. The molecule has 0 aromatic rings. The molecule has 1 saturated carbocycles. The molecular formula is C16H32N2O3. The van der Waals surface area contributed by atoms with Crippen LogP contribution in [0.2, 0.25) is 0 Å². The summed E-state index contributed by atoms with van der Waals surface area (Å²) in [4.78, 5) is 0. The largest absolute Gasteiger partial charge is 0.383 e. The molecule has 21 heavy (non-hydrogen) atoms. The number of methoxy groups -OCH3 is 1. The number of rotatable bonds is 10. The summed E-state index contributed by atoms with van der Waals surface area (Å²) in [5, 5.41) is 6.91. The van der Waals surface area contributed by atoms with E-state index in [0.717, 1.165) is 64.8 Å². The molecule has 124 valence electrons. The Labute approximate surface area is 129 Å². The van der Waals surface area contributed by atoms with E-state index in [1.165, 1.54) is 25.7 Å². The summed E-state index contributed by atoms with van der Waals surface area (Å²) < 4.78 is 16.5. The molecule has 1 spiro atoms. The van der Waals surface area contributed by atoms with Crippen LogP contribution in [0.5, 0.6) is 0 Å². The van der Waals surface area contributed by atoms with E-state index >= 15 is 0 Å². The Morgan fingerprint density at radius 1 is 1.00 bits per heavy atom. The second-order valence-corrected chi connectivity index (χ2v) is 6.19. The molecule has 2 aliphatic rings. The molecule has 0 aromatic heterocycles. The lowest BCUT2D eigenvalue weighted by Crippen LogP contribution is -2.35. The fraction of sp³-hybridized carbons (Fsp3) is 1.00. The maximum atomic E-state index is 5.77. The summed E-state index contributed by atoms with van der Waals surface area (Å²) in [6.45, 7) is 6.61. The lowest BCUT2D eigenvalue weighted by Gasteiger charge is -2.35. The molecule has 1 heterocycles. The van der Waals surface area contributed by atoms with Crippen molar-refractivity contribution < 1.29 is 14.2 Å². The molecule has 5 nitrogen and oxygen atoms in total. The van der Waals surface area contributed by atoms with Gasteiger partial charge in [-0.3, -0.25) is 0 Å². The second-order valence-electron chi connectivity index (χ2n) is 6.19. The summed E-state index contributed by atoms with van der Waals surface area (Å²) in [7, 11) is 1.74. The highest BCUT2D eigenvalue weighted by molar-refractivity contribution is 4.82. The zero-order valence-electron chi connectivity index (χ0n) is 13.5. The van der Waals surface area contributed by atoms with Crippen molar-refractivity contribution in [3.05, 3.63) is 0 Å². The van der Waals surface area contributed by atoms with Crippen molar-refractivity contribution in [2.24, 2.45) is 5.92 Å². The highest BCUT2D eigenvalue weighted by Crippen LogP contribution is 2.39. The van der Waals surface area contributed by atoms with Gasteiger partial charge in [-0.15, -0.1) is 0 Å². The van der Waals surface area contributed by atoms with Crippen LogP contribution in [0.15, 0.2) is 0 Å². The van der Waals surface area contributed by atoms with Crippen LogP contribution in [0.4, 0.5) is 0 Å². The van der Waals surface area contributed by atoms with Gasteiger partial charge >= 0.3 is 0 Å². The summed E-state index contributed by atoms with van der Waals surface area (Å²) in [5.41, 5.74) is 0. The van der Waals surface area contributed by atoms with Crippen molar-refractivity contribution in [2.45, 2.75) is 44.3 Å². The molecule has 1 aliphatic carbocycles. The molecule has 0 radical (unpaired) electrons. The van der Waals surface area contributed by atoms with Crippen LogP contribution in [0.1, 0.15) is 38.5 Å². The summed E-state index contributed by atoms with van der Waals surface area (Å²) in [5.74, 6) is 0.647. The van der Waals surface area contributed by atoms with E-state index in [1.807, 2.05) is 0 Å². The number of hydrogen-bond donors (Lipinski definition) is 2. The van der Waals surface area contributed by atoms with Gasteiger partial charge in [-0.25, -0.2) is 0 Å². The molecule has 2 rings (SSSR count). The van der Waals surface area contributed by atoms with Gasteiger partial charge in [0.05, 0.1) is 19.8 Å². The zero-order valence-corrected chi connectivity index (χ0v) is 13.5. The van der Waals surface area contributed by atoms with Crippen molar-refractivity contribution in [1.82, 2.24) is 10.6 Å². The van der Waals surface area contributed by atoms with Gasteiger partial charge in [0.15, 0.2) is 5.79 Å². The number of nitrogens with one attached hydrogen (secondary N) is 2. The van der Waals surface area contributed by atoms with Gasteiger partial charge in [0.1, 0.15) is 0 Å². The van der Waals surface area contributed by atoms with Gasteiger partial charge in [-0.2, -0.15) is 0 Å². The van der Waals surface area contributed by atoms with E-state index in [1.54, 1.807) is 7.11 Å². The third-order valence-corrected chi connectivity index (χ3v) is 4.60. The summed E-state index contributed by atoms with van der Waals surface area (Å²) in [6.07, 6.45) is 7.13. The highest BCUT2D eigenvalue weighted by atomic mass is 16.7. The van der Waals surface area contributed by atoms with Crippen molar-refractivity contribution in [1.29, 1.82) is 0 Å². The quantitative estimate of drug-likeness (QED) is 0.599. The highest BCUT2D eigenvalue weighted by Gasteiger charge is 2.39. The maximum Gasteiger partial charge on any atom is 0.168 e. The summed E-state index contributed by atoms with van der Waals surface area (Å²) in [6, 6.07) is 0. The Bertz CT molecular complexity index is 260. The monoisotopic (exact) mass is 300 g/mol. The molecule has 1 aliphatic heterocycles. The standard InChI is InChI=1S/C16H32N2O3/c1-19-12-11-18-9-2-8-17-10-5-15-3-6-16(7-4-15)20-13-14-21-16/h15,17-18H,2-14H2,1H3. The van der Waals surface area contributed by atoms with Crippen molar-refractivity contribution in [3.63, 3.8) is 0 Å². The Hall–Kier alpha value is -0.200. The lowest BCUT2D eigenvalue weighted by atomic mass is 9.83. The van der Waals surface area contributed by atoms with Crippen LogP contribution in [0.25, 0.3) is 0 Å². The second kappa shape index (κ2) is 9.74. The molecular weight excluding hydrogens is 268 g/mol. The van der Waals surface area contributed by atoms with Crippen LogP contribution in [-0.2, 0) is 14.2 Å². The Balaban J connectivity index is 1.40. The molecule has 0 bridgehead atoms. The fourth-order valence-corrected chi connectivity index (χ4v) is 3.26. The molecule has 1 saturated heterocycles. The van der Waals surface area contributed by atoms with Gasteiger partial charge in [0.25, 0.3) is 0 Å². The third kappa shape index (κ3) is 6.20. The number of ether oxygens (including phenoxy) is 3. The first kappa shape index (κ1) is 17.2. The fourth-order valence-electron chi connectivity index (χ4n) is 3.26. The SMILES string of the molecule is COCCNCCCNCCC1CCC2(CC1)OCCO2. The van der Waals surface area contributed by atoms with Gasteiger partial charge in [-0.05, 0) is 51.2 Å². The molecule has 0 aromatic carbocycles.